The summed E-state index contributed by atoms with van der Waals surface area (Å²) in [6, 6.07) is 11.3. The van der Waals surface area contributed by atoms with Gasteiger partial charge in [-0.3, -0.25) is 0 Å². The molecule has 164 valence electrons. The maximum atomic E-state index is 13.2. The fourth-order valence-electron chi connectivity index (χ4n) is 3.50. The molecule has 0 spiro atoms. The van der Waals surface area contributed by atoms with Crippen molar-refractivity contribution in [2.75, 3.05) is 0 Å². The first-order chi connectivity index (χ1) is 15.1. The van der Waals surface area contributed by atoms with E-state index in [1.807, 2.05) is 0 Å². The van der Waals surface area contributed by atoms with Crippen LogP contribution in [0.15, 0.2) is 64.4 Å². The van der Waals surface area contributed by atoms with Crippen molar-refractivity contribution < 1.29 is 32.6 Å². The fourth-order valence-corrected chi connectivity index (χ4v) is 4.86. The minimum atomic E-state index is -4.13. The number of aryl methyl sites for hydroxylation is 2. The van der Waals surface area contributed by atoms with E-state index in [-0.39, 0.29) is 21.2 Å². The van der Waals surface area contributed by atoms with Crippen LogP contribution in [0.4, 0.5) is 4.39 Å². The normalized spacial score (nSPS) is 11.6. The third-order valence-electron chi connectivity index (χ3n) is 5.11. The highest BCUT2D eigenvalue weighted by Gasteiger charge is 2.23. The number of hydrogen-bond donors (Lipinski definition) is 3. The van der Waals surface area contributed by atoms with Crippen molar-refractivity contribution in [3.05, 3.63) is 77.2 Å². The lowest BCUT2D eigenvalue weighted by Crippen LogP contribution is -2.03. The molecule has 1 heterocycles. The van der Waals surface area contributed by atoms with Crippen LogP contribution < -0.4 is 4.74 Å². The van der Waals surface area contributed by atoms with E-state index in [9.17, 15) is 27.8 Å². The second kappa shape index (κ2) is 7.69. The zero-order valence-corrected chi connectivity index (χ0v) is 17.8. The summed E-state index contributed by atoms with van der Waals surface area (Å²) in [5, 5.41) is 20.1. The van der Waals surface area contributed by atoms with E-state index in [2.05, 4.69) is 4.98 Å². The van der Waals surface area contributed by atoms with E-state index in [0.29, 0.717) is 27.8 Å². The summed E-state index contributed by atoms with van der Waals surface area (Å²) < 4.78 is 45.1. The van der Waals surface area contributed by atoms with Crippen molar-refractivity contribution in [1.82, 2.24) is 4.98 Å². The number of benzene rings is 3. The minimum absolute atomic E-state index is 0.0389. The van der Waals surface area contributed by atoms with Crippen molar-refractivity contribution >= 4 is 26.7 Å². The number of ether oxygens (including phenoxy) is 1. The molecule has 0 unspecified atom stereocenters. The third-order valence-corrected chi connectivity index (χ3v) is 6.91. The lowest BCUT2D eigenvalue weighted by atomic mass is 10.1. The molecule has 1 aromatic heterocycles. The minimum Gasteiger partial charge on any atom is -0.507 e. The smallest absolute Gasteiger partial charge is 0.352 e. The molecule has 4 aromatic rings. The summed E-state index contributed by atoms with van der Waals surface area (Å²) in [7, 11) is -4.13. The van der Waals surface area contributed by atoms with Crippen LogP contribution in [-0.2, 0) is 9.84 Å². The Morgan fingerprint density at radius 1 is 1.03 bits per heavy atom. The predicted octanol–water partition coefficient (Wildman–Crippen LogP) is 4.95. The van der Waals surface area contributed by atoms with Crippen LogP contribution in [0, 0.1) is 19.7 Å². The molecule has 0 saturated heterocycles. The van der Waals surface area contributed by atoms with Gasteiger partial charge in [-0.1, -0.05) is 0 Å². The van der Waals surface area contributed by atoms with Crippen molar-refractivity contribution in [1.29, 1.82) is 0 Å². The van der Waals surface area contributed by atoms with Crippen LogP contribution in [0.1, 0.15) is 21.6 Å². The Labute approximate surface area is 182 Å². The summed E-state index contributed by atoms with van der Waals surface area (Å²) in [6.45, 7) is 3.54. The fraction of sp³-hybridized carbons (Fsp3) is 0.0870. The summed E-state index contributed by atoms with van der Waals surface area (Å²) in [5.41, 5.74) is 2.04. The largest absolute Gasteiger partial charge is 0.507 e. The number of aromatic nitrogens is 1. The molecule has 9 heteroatoms. The van der Waals surface area contributed by atoms with Crippen LogP contribution in [-0.4, -0.2) is 29.6 Å². The van der Waals surface area contributed by atoms with Gasteiger partial charge in [0.05, 0.1) is 4.90 Å². The molecule has 7 nitrogen and oxygen atoms in total. The van der Waals surface area contributed by atoms with Gasteiger partial charge in [0.1, 0.15) is 33.7 Å². The van der Waals surface area contributed by atoms with E-state index in [1.54, 1.807) is 19.9 Å². The zero-order chi connectivity index (χ0) is 23.2. The molecule has 3 aromatic carbocycles. The number of carbonyl (C=O) groups is 1. The van der Waals surface area contributed by atoms with Gasteiger partial charge in [0.15, 0.2) is 0 Å². The standard InChI is InChI=1S/C23H18FNO6S/c1-12-9-18-17(11-19(25-18)23(27)28)13(2)22(12)31-15-5-8-20(26)21(10-15)32(29,30)16-6-3-14(24)4-7-16/h3-11,25-26H,1-2H3,(H,27,28). The van der Waals surface area contributed by atoms with Crippen LogP contribution in [0.3, 0.4) is 0 Å². The summed E-state index contributed by atoms with van der Waals surface area (Å²) in [6.07, 6.45) is 0. The molecule has 0 amide bonds. The molecule has 0 aliphatic rings. The van der Waals surface area contributed by atoms with Gasteiger partial charge >= 0.3 is 5.97 Å². The highest BCUT2D eigenvalue weighted by atomic mass is 32.2. The lowest BCUT2D eigenvalue weighted by Gasteiger charge is -2.14. The number of sulfone groups is 1. The van der Waals surface area contributed by atoms with Gasteiger partial charge in [-0.05, 0) is 67.9 Å². The number of phenols is 1. The number of nitrogens with one attached hydrogen (secondary N) is 1. The van der Waals surface area contributed by atoms with Gasteiger partial charge in [0, 0.05) is 22.5 Å². The molecule has 0 radical (unpaired) electrons. The van der Waals surface area contributed by atoms with E-state index < -0.39 is 27.4 Å². The number of carboxylic acids is 1. The molecule has 0 saturated carbocycles. The topological polar surface area (TPSA) is 117 Å². The monoisotopic (exact) mass is 455 g/mol. The van der Waals surface area contributed by atoms with Gasteiger partial charge in [-0.15, -0.1) is 0 Å². The quantitative estimate of drug-likeness (QED) is 0.367. The average Bonchev–Trinajstić information content (AvgIpc) is 3.17. The van der Waals surface area contributed by atoms with Gasteiger partial charge in [0.25, 0.3) is 0 Å². The average molecular weight is 455 g/mol. The number of halogens is 1. The number of aromatic carboxylic acids is 1. The molecule has 0 bridgehead atoms. The van der Waals surface area contributed by atoms with E-state index in [1.165, 1.54) is 24.3 Å². The molecule has 32 heavy (non-hydrogen) atoms. The first-order valence-corrected chi connectivity index (χ1v) is 10.9. The highest BCUT2D eigenvalue weighted by Crippen LogP contribution is 2.38. The number of hydrogen-bond acceptors (Lipinski definition) is 5. The van der Waals surface area contributed by atoms with Crippen LogP contribution in [0.5, 0.6) is 17.2 Å². The first kappa shape index (κ1) is 21.4. The molecule has 0 aliphatic carbocycles. The number of phenolic OH excluding ortho intramolecular Hbond substituents is 1. The lowest BCUT2D eigenvalue weighted by molar-refractivity contribution is 0.0691. The predicted molar refractivity (Wildman–Crippen MR) is 115 cm³/mol. The summed E-state index contributed by atoms with van der Waals surface area (Å²) in [4.78, 5) is 13.6. The second-order valence-electron chi connectivity index (χ2n) is 7.29. The zero-order valence-electron chi connectivity index (χ0n) is 17.0. The van der Waals surface area contributed by atoms with E-state index in [4.69, 9.17) is 4.74 Å². The van der Waals surface area contributed by atoms with E-state index >= 15 is 0 Å². The maximum Gasteiger partial charge on any atom is 0.352 e. The van der Waals surface area contributed by atoms with Crippen LogP contribution >= 0.6 is 0 Å². The number of aromatic amines is 1. The molecule has 3 N–H and O–H groups in total. The third kappa shape index (κ3) is 3.67. The van der Waals surface area contributed by atoms with Crippen molar-refractivity contribution in [2.45, 2.75) is 23.6 Å². The Morgan fingerprint density at radius 2 is 1.72 bits per heavy atom. The Morgan fingerprint density at radius 3 is 2.38 bits per heavy atom. The van der Waals surface area contributed by atoms with Gasteiger partial charge < -0.3 is 19.9 Å². The first-order valence-electron chi connectivity index (χ1n) is 9.45. The Hall–Kier alpha value is -3.85. The number of H-pyrrole nitrogens is 1. The van der Waals surface area contributed by atoms with Gasteiger partial charge in [-0.2, -0.15) is 0 Å². The Bertz CT molecular complexity index is 1470. The van der Waals surface area contributed by atoms with Gasteiger partial charge in [0.2, 0.25) is 9.84 Å². The number of rotatable bonds is 5. The molecule has 0 aliphatic heterocycles. The highest BCUT2D eigenvalue weighted by molar-refractivity contribution is 7.91. The number of fused-ring (bicyclic) bond motifs is 1. The van der Waals surface area contributed by atoms with Crippen LogP contribution in [0.25, 0.3) is 10.9 Å². The number of carboxylic acid groups (broad SMARTS) is 1. The van der Waals surface area contributed by atoms with Crippen molar-refractivity contribution in [2.24, 2.45) is 0 Å². The number of aromatic hydroxyl groups is 1. The molecular formula is C23H18FNO6S. The Balaban J connectivity index is 1.77. The summed E-state index contributed by atoms with van der Waals surface area (Å²) in [5.74, 6) is -1.55. The molecule has 0 fully saturated rings. The molecule has 0 atom stereocenters. The van der Waals surface area contributed by atoms with Crippen molar-refractivity contribution in [3.63, 3.8) is 0 Å². The summed E-state index contributed by atoms with van der Waals surface area (Å²) >= 11 is 0. The van der Waals surface area contributed by atoms with Gasteiger partial charge in [-0.25, -0.2) is 17.6 Å². The Kier molecular flexibility index (Phi) is 5.14. The SMILES string of the molecule is Cc1cc2[nH]c(C(=O)O)cc2c(C)c1Oc1ccc(O)c(S(=O)(=O)c2ccc(F)cc2)c1. The van der Waals surface area contributed by atoms with Crippen molar-refractivity contribution in [3.8, 4) is 17.2 Å². The second-order valence-corrected chi connectivity index (χ2v) is 9.20. The maximum absolute atomic E-state index is 13.2. The molecule has 4 rings (SSSR count). The van der Waals surface area contributed by atoms with Crippen LogP contribution in [0.2, 0.25) is 0 Å². The van der Waals surface area contributed by atoms with E-state index in [0.717, 1.165) is 24.3 Å². The molecular weight excluding hydrogens is 437 g/mol.